The quantitative estimate of drug-likeness (QED) is 0.607. The summed E-state index contributed by atoms with van der Waals surface area (Å²) in [6, 6.07) is 13.7. The van der Waals surface area contributed by atoms with Crippen LogP contribution in [0, 0.1) is 0 Å². The van der Waals surface area contributed by atoms with Crippen molar-refractivity contribution >= 4 is 17.5 Å². The van der Waals surface area contributed by atoms with E-state index in [-0.39, 0.29) is 18.2 Å². The molecule has 0 unspecified atom stereocenters. The van der Waals surface area contributed by atoms with Crippen molar-refractivity contribution < 1.29 is 14.3 Å². The van der Waals surface area contributed by atoms with Gasteiger partial charge in [0.15, 0.2) is 0 Å². The van der Waals surface area contributed by atoms with E-state index in [0.29, 0.717) is 38.3 Å². The number of nitrogens with zero attached hydrogens (tertiary/aromatic N) is 1. The number of amides is 2. The highest BCUT2D eigenvalue weighted by Gasteiger charge is 2.05. The molecule has 0 bridgehead atoms. The Labute approximate surface area is 154 Å². The summed E-state index contributed by atoms with van der Waals surface area (Å²) in [5.41, 5.74) is 1.89. The molecule has 6 nitrogen and oxygen atoms in total. The molecule has 0 saturated heterocycles. The van der Waals surface area contributed by atoms with Gasteiger partial charge in [-0.1, -0.05) is 30.3 Å². The predicted octanol–water partition coefficient (Wildman–Crippen LogP) is 2.57. The van der Waals surface area contributed by atoms with Crippen LogP contribution in [0.25, 0.3) is 0 Å². The van der Waals surface area contributed by atoms with E-state index in [1.807, 2.05) is 18.2 Å². The molecule has 1 aromatic carbocycles. The van der Waals surface area contributed by atoms with Gasteiger partial charge in [-0.25, -0.2) is 0 Å². The van der Waals surface area contributed by atoms with E-state index in [1.165, 1.54) is 5.56 Å². The first kappa shape index (κ1) is 19.6. The molecule has 138 valence electrons. The van der Waals surface area contributed by atoms with Gasteiger partial charge in [0, 0.05) is 32.2 Å². The fourth-order valence-corrected chi connectivity index (χ4v) is 2.34. The summed E-state index contributed by atoms with van der Waals surface area (Å²) in [6.45, 7) is 1.53. The zero-order valence-electron chi connectivity index (χ0n) is 14.8. The van der Waals surface area contributed by atoms with Crippen LogP contribution in [-0.2, 0) is 20.7 Å². The molecule has 1 heterocycles. The highest BCUT2D eigenvalue weighted by atomic mass is 16.5. The molecule has 0 saturated carbocycles. The standard InChI is InChI=1S/C20H25N3O3/c24-19(9-5-14-26-15-11-17-6-2-1-3-7-17)22-13-10-20(25)23-18-8-4-12-21-16-18/h1-4,6-8,12,16H,5,9-11,13-15H2,(H,22,24)(H,23,25). The molecular weight excluding hydrogens is 330 g/mol. The Balaban J connectivity index is 1.45. The summed E-state index contributed by atoms with van der Waals surface area (Å²) in [4.78, 5) is 27.4. The van der Waals surface area contributed by atoms with Gasteiger partial charge in [0.05, 0.1) is 18.5 Å². The summed E-state index contributed by atoms with van der Waals surface area (Å²) in [7, 11) is 0. The van der Waals surface area contributed by atoms with E-state index in [2.05, 4.69) is 27.8 Å². The summed E-state index contributed by atoms with van der Waals surface area (Å²) in [5, 5.41) is 5.47. The third-order valence-electron chi connectivity index (χ3n) is 3.69. The smallest absolute Gasteiger partial charge is 0.226 e. The lowest BCUT2D eigenvalue weighted by molar-refractivity contribution is -0.121. The van der Waals surface area contributed by atoms with E-state index in [0.717, 1.165) is 6.42 Å². The van der Waals surface area contributed by atoms with Crippen LogP contribution in [0.15, 0.2) is 54.9 Å². The van der Waals surface area contributed by atoms with E-state index in [9.17, 15) is 9.59 Å². The van der Waals surface area contributed by atoms with Crippen molar-refractivity contribution in [2.24, 2.45) is 0 Å². The Hall–Kier alpha value is -2.73. The molecule has 2 amide bonds. The molecular formula is C20H25N3O3. The number of carbonyl (C=O) groups is 2. The minimum Gasteiger partial charge on any atom is -0.381 e. The fraction of sp³-hybridized carbons (Fsp3) is 0.350. The Morgan fingerprint density at radius 3 is 2.58 bits per heavy atom. The molecule has 0 radical (unpaired) electrons. The van der Waals surface area contributed by atoms with Crippen LogP contribution in [0.5, 0.6) is 0 Å². The molecule has 6 heteroatoms. The molecule has 0 aliphatic carbocycles. The monoisotopic (exact) mass is 355 g/mol. The molecule has 2 aromatic rings. The third kappa shape index (κ3) is 8.39. The summed E-state index contributed by atoms with van der Waals surface area (Å²) < 4.78 is 5.55. The fourth-order valence-electron chi connectivity index (χ4n) is 2.34. The minimum atomic E-state index is -0.150. The van der Waals surface area contributed by atoms with Crippen LogP contribution in [-0.4, -0.2) is 36.6 Å². The topological polar surface area (TPSA) is 80.3 Å². The van der Waals surface area contributed by atoms with Crippen LogP contribution >= 0.6 is 0 Å². The van der Waals surface area contributed by atoms with Crippen LogP contribution in [0.2, 0.25) is 0 Å². The Morgan fingerprint density at radius 2 is 1.81 bits per heavy atom. The van der Waals surface area contributed by atoms with Gasteiger partial charge in [0.25, 0.3) is 0 Å². The van der Waals surface area contributed by atoms with Gasteiger partial charge < -0.3 is 15.4 Å². The molecule has 2 N–H and O–H groups in total. The minimum absolute atomic E-state index is 0.0640. The maximum absolute atomic E-state index is 11.7. The number of hydrogen-bond acceptors (Lipinski definition) is 4. The van der Waals surface area contributed by atoms with Crippen molar-refractivity contribution in [3.63, 3.8) is 0 Å². The zero-order chi connectivity index (χ0) is 18.5. The van der Waals surface area contributed by atoms with Crippen LogP contribution < -0.4 is 10.6 Å². The van der Waals surface area contributed by atoms with Crippen LogP contribution in [0.1, 0.15) is 24.8 Å². The number of benzene rings is 1. The lowest BCUT2D eigenvalue weighted by atomic mass is 10.2. The number of hydrogen-bond donors (Lipinski definition) is 2. The number of carbonyl (C=O) groups excluding carboxylic acids is 2. The number of pyridine rings is 1. The maximum atomic E-state index is 11.7. The van der Waals surface area contributed by atoms with Gasteiger partial charge in [0.1, 0.15) is 0 Å². The van der Waals surface area contributed by atoms with E-state index in [1.54, 1.807) is 24.5 Å². The summed E-state index contributed by atoms with van der Waals surface area (Å²) in [5.74, 6) is -0.214. The van der Waals surface area contributed by atoms with Crippen molar-refractivity contribution in [1.82, 2.24) is 10.3 Å². The highest BCUT2D eigenvalue weighted by molar-refractivity contribution is 5.90. The molecule has 0 atom stereocenters. The van der Waals surface area contributed by atoms with Crippen molar-refractivity contribution in [2.75, 3.05) is 25.1 Å². The maximum Gasteiger partial charge on any atom is 0.226 e. The lowest BCUT2D eigenvalue weighted by Gasteiger charge is -2.07. The van der Waals surface area contributed by atoms with Gasteiger partial charge in [-0.05, 0) is 30.5 Å². The van der Waals surface area contributed by atoms with Gasteiger partial charge in [-0.3, -0.25) is 14.6 Å². The first-order valence-electron chi connectivity index (χ1n) is 8.82. The SMILES string of the molecule is O=C(CCCOCCc1ccccc1)NCCC(=O)Nc1cccnc1. The lowest BCUT2D eigenvalue weighted by Crippen LogP contribution is -2.27. The second-order valence-corrected chi connectivity index (χ2v) is 5.84. The van der Waals surface area contributed by atoms with Crippen molar-refractivity contribution in [2.45, 2.75) is 25.7 Å². The Morgan fingerprint density at radius 1 is 0.962 bits per heavy atom. The van der Waals surface area contributed by atoms with Gasteiger partial charge in [-0.15, -0.1) is 0 Å². The number of nitrogens with one attached hydrogen (secondary N) is 2. The number of aromatic nitrogens is 1. The highest BCUT2D eigenvalue weighted by Crippen LogP contribution is 2.03. The second-order valence-electron chi connectivity index (χ2n) is 5.84. The van der Waals surface area contributed by atoms with Gasteiger partial charge in [-0.2, -0.15) is 0 Å². The first-order valence-corrected chi connectivity index (χ1v) is 8.82. The van der Waals surface area contributed by atoms with Crippen LogP contribution in [0.3, 0.4) is 0 Å². The molecule has 26 heavy (non-hydrogen) atoms. The van der Waals surface area contributed by atoms with Crippen molar-refractivity contribution in [3.05, 3.63) is 60.4 Å². The number of anilines is 1. The largest absolute Gasteiger partial charge is 0.381 e. The van der Waals surface area contributed by atoms with E-state index < -0.39 is 0 Å². The molecule has 0 aliphatic heterocycles. The van der Waals surface area contributed by atoms with Crippen molar-refractivity contribution in [1.29, 1.82) is 0 Å². The first-order chi connectivity index (χ1) is 12.7. The number of ether oxygens (including phenoxy) is 1. The van der Waals surface area contributed by atoms with Crippen molar-refractivity contribution in [3.8, 4) is 0 Å². The Kier molecular flexibility index (Phi) is 8.86. The average Bonchev–Trinajstić information content (AvgIpc) is 2.66. The number of rotatable bonds is 11. The van der Waals surface area contributed by atoms with Gasteiger partial charge >= 0.3 is 0 Å². The van der Waals surface area contributed by atoms with E-state index >= 15 is 0 Å². The predicted molar refractivity (Wildman–Crippen MR) is 101 cm³/mol. The van der Waals surface area contributed by atoms with Gasteiger partial charge in [0.2, 0.25) is 11.8 Å². The van der Waals surface area contributed by atoms with Crippen LogP contribution in [0.4, 0.5) is 5.69 Å². The second kappa shape index (κ2) is 11.8. The Bertz CT molecular complexity index is 663. The summed E-state index contributed by atoms with van der Waals surface area (Å²) in [6.07, 6.45) is 5.39. The molecule has 1 aromatic heterocycles. The molecule has 0 aliphatic rings. The third-order valence-corrected chi connectivity index (χ3v) is 3.69. The zero-order valence-corrected chi connectivity index (χ0v) is 14.8. The average molecular weight is 355 g/mol. The summed E-state index contributed by atoms with van der Waals surface area (Å²) >= 11 is 0. The van der Waals surface area contributed by atoms with E-state index in [4.69, 9.17) is 4.74 Å². The molecule has 0 fully saturated rings. The normalized spacial score (nSPS) is 10.3. The molecule has 0 spiro atoms. The molecule has 2 rings (SSSR count).